The Morgan fingerprint density at radius 2 is 1.52 bits per heavy atom. The first-order chi connectivity index (χ1) is 12.1. The lowest BCUT2D eigenvalue weighted by molar-refractivity contribution is -0.150. The largest absolute Gasteiger partial charge is 0.493 e. The molecule has 2 amide bonds. The van der Waals surface area contributed by atoms with E-state index in [2.05, 4.69) is 5.32 Å². The average Bonchev–Trinajstić information content (AvgIpc) is 2.65. The van der Waals surface area contributed by atoms with E-state index in [0.717, 1.165) is 0 Å². The Hall–Kier alpha value is -3.35. The van der Waals surface area contributed by atoms with Crippen LogP contribution < -0.4 is 14.8 Å². The van der Waals surface area contributed by atoms with Gasteiger partial charge >= 0.3 is 5.97 Å². The van der Waals surface area contributed by atoms with Crippen LogP contribution in [0.2, 0.25) is 0 Å². The summed E-state index contributed by atoms with van der Waals surface area (Å²) in [6.45, 7) is -0.965. The predicted molar refractivity (Wildman–Crippen MR) is 88.4 cm³/mol. The molecule has 0 atom stereocenters. The van der Waals surface area contributed by atoms with Crippen molar-refractivity contribution in [2.24, 2.45) is 0 Å². The van der Waals surface area contributed by atoms with Crippen LogP contribution in [0.5, 0.6) is 11.5 Å². The zero-order valence-corrected chi connectivity index (χ0v) is 13.6. The van der Waals surface area contributed by atoms with E-state index < -0.39 is 24.4 Å². The van der Waals surface area contributed by atoms with Crippen molar-refractivity contribution < 1.29 is 28.6 Å². The Morgan fingerprint density at radius 1 is 0.880 bits per heavy atom. The van der Waals surface area contributed by atoms with Crippen LogP contribution in [-0.4, -0.2) is 38.1 Å². The molecule has 0 aliphatic heterocycles. The second-order valence-corrected chi connectivity index (χ2v) is 4.84. The van der Waals surface area contributed by atoms with Crippen molar-refractivity contribution in [2.45, 2.75) is 0 Å². The van der Waals surface area contributed by atoms with Gasteiger partial charge < -0.3 is 14.2 Å². The number of hydrogen-bond donors (Lipinski definition) is 1. The highest BCUT2D eigenvalue weighted by molar-refractivity contribution is 6.05. The Morgan fingerprint density at radius 3 is 2.20 bits per heavy atom. The maximum absolute atomic E-state index is 11.8. The summed E-state index contributed by atoms with van der Waals surface area (Å²) in [5.74, 6) is -1.17. The van der Waals surface area contributed by atoms with Crippen LogP contribution in [0.1, 0.15) is 10.4 Å². The molecule has 0 aromatic heterocycles. The summed E-state index contributed by atoms with van der Waals surface area (Å²) in [6.07, 6.45) is 0. The number of nitrogens with one attached hydrogen (secondary N) is 1. The van der Waals surface area contributed by atoms with Crippen molar-refractivity contribution in [3.8, 4) is 11.5 Å². The highest BCUT2D eigenvalue weighted by Crippen LogP contribution is 2.25. The molecule has 0 aliphatic carbocycles. The van der Waals surface area contributed by atoms with Gasteiger partial charge in [-0.25, -0.2) is 4.79 Å². The number of imide groups is 1. The molecule has 0 bridgehead atoms. The molecule has 0 spiro atoms. The fourth-order valence-electron chi connectivity index (χ4n) is 1.89. The van der Waals surface area contributed by atoms with Gasteiger partial charge in [-0.1, -0.05) is 30.3 Å². The van der Waals surface area contributed by atoms with Crippen molar-refractivity contribution in [1.29, 1.82) is 0 Å². The Bertz CT molecular complexity index is 744. The zero-order chi connectivity index (χ0) is 18.1. The second-order valence-electron chi connectivity index (χ2n) is 4.84. The maximum Gasteiger partial charge on any atom is 0.344 e. The van der Waals surface area contributed by atoms with Crippen LogP contribution in [0, 0.1) is 0 Å². The highest BCUT2D eigenvalue weighted by atomic mass is 16.6. The van der Waals surface area contributed by atoms with Crippen LogP contribution in [0.3, 0.4) is 0 Å². The summed E-state index contributed by atoms with van der Waals surface area (Å²) >= 11 is 0. The molecule has 1 N–H and O–H groups in total. The van der Waals surface area contributed by atoms with E-state index in [-0.39, 0.29) is 6.61 Å². The van der Waals surface area contributed by atoms with Gasteiger partial charge in [-0.3, -0.25) is 14.9 Å². The summed E-state index contributed by atoms with van der Waals surface area (Å²) < 4.78 is 15.1. The molecule has 0 unspecified atom stereocenters. The number of ether oxygens (including phenoxy) is 3. The first-order valence-corrected chi connectivity index (χ1v) is 7.41. The monoisotopic (exact) mass is 343 g/mol. The number of para-hydroxylation sites is 2. The van der Waals surface area contributed by atoms with E-state index in [1.54, 1.807) is 54.6 Å². The Balaban J connectivity index is 1.74. The summed E-state index contributed by atoms with van der Waals surface area (Å²) in [7, 11) is 1.48. The molecule has 7 heteroatoms. The minimum absolute atomic E-state index is 0.335. The number of carbonyl (C=O) groups excluding carboxylic acids is 3. The molecule has 0 heterocycles. The van der Waals surface area contributed by atoms with Gasteiger partial charge in [0.1, 0.15) is 0 Å². The van der Waals surface area contributed by atoms with Crippen molar-refractivity contribution in [2.75, 3.05) is 20.3 Å². The third-order valence-corrected chi connectivity index (χ3v) is 3.07. The molecule has 0 aliphatic rings. The van der Waals surface area contributed by atoms with Gasteiger partial charge in [0, 0.05) is 5.56 Å². The molecule has 0 fully saturated rings. The molecule has 2 rings (SSSR count). The smallest absolute Gasteiger partial charge is 0.344 e. The van der Waals surface area contributed by atoms with Gasteiger partial charge in [0.15, 0.2) is 24.7 Å². The van der Waals surface area contributed by atoms with Gasteiger partial charge in [-0.2, -0.15) is 0 Å². The van der Waals surface area contributed by atoms with Crippen molar-refractivity contribution in [1.82, 2.24) is 5.32 Å². The van der Waals surface area contributed by atoms with Crippen LogP contribution in [0.25, 0.3) is 0 Å². The predicted octanol–water partition coefficient (Wildman–Crippen LogP) is 1.57. The molecule has 0 saturated heterocycles. The molecular weight excluding hydrogens is 326 g/mol. The van der Waals surface area contributed by atoms with E-state index in [1.807, 2.05) is 0 Å². The first-order valence-electron chi connectivity index (χ1n) is 7.41. The summed E-state index contributed by atoms with van der Waals surface area (Å²) in [5, 5.41) is 2.13. The SMILES string of the molecule is COc1ccccc1OCC(=O)OCC(=O)NC(=O)c1ccccc1. The molecule has 7 nitrogen and oxygen atoms in total. The van der Waals surface area contributed by atoms with E-state index >= 15 is 0 Å². The van der Waals surface area contributed by atoms with E-state index in [9.17, 15) is 14.4 Å². The van der Waals surface area contributed by atoms with Crippen molar-refractivity contribution >= 4 is 17.8 Å². The number of methoxy groups -OCH3 is 1. The molecule has 0 radical (unpaired) electrons. The molecule has 25 heavy (non-hydrogen) atoms. The van der Waals surface area contributed by atoms with Crippen molar-refractivity contribution in [3.05, 3.63) is 60.2 Å². The van der Waals surface area contributed by atoms with Crippen LogP contribution >= 0.6 is 0 Å². The van der Waals surface area contributed by atoms with Crippen LogP contribution in [0.4, 0.5) is 0 Å². The molecule has 2 aromatic rings. The topological polar surface area (TPSA) is 90.9 Å². The summed E-state index contributed by atoms with van der Waals surface area (Å²) in [4.78, 5) is 35.0. The van der Waals surface area contributed by atoms with Crippen molar-refractivity contribution in [3.63, 3.8) is 0 Å². The Kier molecular flexibility index (Phi) is 6.53. The van der Waals surface area contributed by atoms with E-state index in [1.165, 1.54) is 7.11 Å². The number of carbonyl (C=O) groups is 3. The minimum Gasteiger partial charge on any atom is -0.493 e. The fourth-order valence-corrected chi connectivity index (χ4v) is 1.89. The van der Waals surface area contributed by atoms with Gasteiger partial charge in [0.2, 0.25) is 0 Å². The number of amides is 2. The summed E-state index contributed by atoms with van der Waals surface area (Å²) in [6, 6.07) is 15.0. The second kappa shape index (κ2) is 9.07. The maximum atomic E-state index is 11.8. The number of hydrogen-bond acceptors (Lipinski definition) is 6. The lowest BCUT2D eigenvalue weighted by Gasteiger charge is -2.10. The van der Waals surface area contributed by atoms with E-state index in [4.69, 9.17) is 14.2 Å². The number of benzene rings is 2. The zero-order valence-electron chi connectivity index (χ0n) is 13.6. The quantitative estimate of drug-likeness (QED) is 0.768. The average molecular weight is 343 g/mol. The molecular formula is C18H17NO6. The van der Waals surface area contributed by atoms with Gasteiger partial charge in [0.05, 0.1) is 7.11 Å². The lowest BCUT2D eigenvalue weighted by Crippen LogP contribution is -2.34. The van der Waals surface area contributed by atoms with Gasteiger partial charge in [-0.05, 0) is 24.3 Å². The molecule has 130 valence electrons. The molecule has 0 saturated carbocycles. The summed E-state index contributed by atoms with van der Waals surface area (Å²) in [5.41, 5.74) is 0.335. The normalized spacial score (nSPS) is 9.80. The fraction of sp³-hybridized carbons (Fsp3) is 0.167. The van der Waals surface area contributed by atoms with Crippen LogP contribution in [-0.2, 0) is 14.3 Å². The number of rotatable bonds is 7. The number of esters is 1. The standard InChI is InChI=1S/C18H17NO6/c1-23-14-9-5-6-10-15(14)24-12-17(21)25-11-16(20)19-18(22)13-7-3-2-4-8-13/h2-10H,11-12H2,1H3,(H,19,20,22). The lowest BCUT2D eigenvalue weighted by atomic mass is 10.2. The van der Waals surface area contributed by atoms with Crippen LogP contribution in [0.15, 0.2) is 54.6 Å². The minimum atomic E-state index is -0.742. The van der Waals surface area contributed by atoms with Gasteiger partial charge in [0.25, 0.3) is 11.8 Å². The Labute approximate surface area is 144 Å². The third-order valence-electron chi connectivity index (χ3n) is 3.07. The molecule has 2 aromatic carbocycles. The van der Waals surface area contributed by atoms with Gasteiger partial charge in [-0.15, -0.1) is 0 Å². The van der Waals surface area contributed by atoms with E-state index in [0.29, 0.717) is 17.1 Å². The highest BCUT2D eigenvalue weighted by Gasteiger charge is 2.13. The first kappa shape index (κ1) is 18.0. The third kappa shape index (κ3) is 5.65.